The molecule has 0 bridgehead atoms. The lowest BCUT2D eigenvalue weighted by Gasteiger charge is -2.09. The van der Waals surface area contributed by atoms with Crippen molar-refractivity contribution in [2.45, 2.75) is 17.9 Å². The molecule has 6 heteroatoms. The fraction of sp³-hybridized carbons (Fsp3) is 0.222. The maximum atomic E-state index is 11.6. The van der Waals surface area contributed by atoms with Crippen LogP contribution in [0.3, 0.4) is 0 Å². The summed E-state index contributed by atoms with van der Waals surface area (Å²) in [5.74, 6) is 0. The lowest BCUT2D eigenvalue weighted by molar-refractivity contribution is -0.112. The highest BCUT2D eigenvalue weighted by Crippen LogP contribution is 2.08. The van der Waals surface area contributed by atoms with Gasteiger partial charge >= 0.3 is 0 Å². The van der Waals surface area contributed by atoms with E-state index in [1.165, 1.54) is 19.1 Å². The number of halogens is 1. The van der Waals surface area contributed by atoms with Gasteiger partial charge in [-0.05, 0) is 30.7 Å². The average molecular weight is 248 g/mol. The predicted molar refractivity (Wildman–Crippen MR) is 57.1 cm³/mol. The maximum Gasteiger partial charge on any atom is 0.241 e. The summed E-state index contributed by atoms with van der Waals surface area (Å²) in [5, 5.41) is -0.741. The van der Waals surface area contributed by atoms with E-state index in [0.29, 0.717) is 0 Å². The van der Waals surface area contributed by atoms with Gasteiger partial charge in [0, 0.05) is 0 Å². The minimum Gasteiger partial charge on any atom is -0.279 e. The summed E-state index contributed by atoms with van der Waals surface area (Å²) in [5.41, 5.74) is 0. The molecule has 0 spiro atoms. The Balaban J connectivity index is 2.91. The van der Waals surface area contributed by atoms with Crippen molar-refractivity contribution in [2.24, 2.45) is 0 Å². The molecule has 82 valence electrons. The molecule has 15 heavy (non-hydrogen) atoms. The van der Waals surface area contributed by atoms with Gasteiger partial charge in [-0.25, -0.2) is 8.42 Å². The van der Waals surface area contributed by atoms with Crippen LogP contribution in [0.2, 0.25) is 0 Å². The third-order valence-electron chi connectivity index (χ3n) is 1.73. The summed E-state index contributed by atoms with van der Waals surface area (Å²) < 4.78 is 25.4. The zero-order valence-electron chi connectivity index (χ0n) is 7.98. The first-order valence-electron chi connectivity index (χ1n) is 4.20. The fourth-order valence-electron chi connectivity index (χ4n) is 0.947. The molecule has 1 N–H and O–H groups in total. The topological polar surface area (TPSA) is 63.2 Å². The smallest absolute Gasteiger partial charge is 0.241 e. The van der Waals surface area contributed by atoms with Crippen LogP contribution in [0.15, 0.2) is 35.2 Å². The Morgan fingerprint density at radius 2 is 1.87 bits per heavy atom. The fourth-order valence-corrected chi connectivity index (χ4v) is 2.29. The van der Waals surface area contributed by atoms with Crippen LogP contribution in [-0.4, -0.2) is 19.7 Å². The van der Waals surface area contributed by atoms with Gasteiger partial charge in [0.25, 0.3) is 0 Å². The van der Waals surface area contributed by atoms with Crippen LogP contribution in [0.1, 0.15) is 6.92 Å². The zero-order chi connectivity index (χ0) is 11.5. The van der Waals surface area contributed by atoms with E-state index in [1.54, 1.807) is 18.2 Å². The Hall–Kier alpha value is -0.910. The second-order valence-electron chi connectivity index (χ2n) is 2.96. The lowest BCUT2D eigenvalue weighted by Crippen LogP contribution is -2.36. The van der Waals surface area contributed by atoms with E-state index in [1.807, 2.05) is 0 Å². The maximum absolute atomic E-state index is 11.6. The van der Waals surface area contributed by atoms with Crippen LogP contribution in [-0.2, 0) is 14.8 Å². The Morgan fingerprint density at radius 1 is 1.33 bits per heavy atom. The van der Waals surface area contributed by atoms with E-state index in [2.05, 4.69) is 4.72 Å². The molecule has 0 heterocycles. The number of sulfonamides is 1. The second-order valence-corrected chi connectivity index (χ2v) is 5.05. The molecule has 0 fully saturated rings. The van der Waals surface area contributed by atoms with Gasteiger partial charge in [0.05, 0.1) is 10.9 Å². The Labute approximate surface area is 93.3 Å². The predicted octanol–water partition coefficient (Wildman–Crippen LogP) is 1.12. The molecular formula is C9H10ClNO3S. The monoisotopic (exact) mass is 247 g/mol. The van der Waals surface area contributed by atoms with E-state index >= 15 is 0 Å². The average Bonchev–Trinajstić information content (AvgIpc) is 2.18. The molecule has 1 aromatic carbocycles. The van der Waals surface area contributed by atoms with Crippen molar-refractivity contribution in [1.29, 1.82) is 0 Å². The van der Waals surface area contributed by atoms with Gasteiger partial charge in [0.2, 0.25) is 15.3 Å². The molecule has 1 unspecified atom stereocenters. The quantitative estimate of drug-likeness (QED) is 0.811. The molecule has 0 aromatic heterocycles. The van der Waals surface area contributed by atoms with E-state index < -0.39 is 21.3 Å². The highest BCUT2D eigenvalue weighted by Gasteiger charge is 2.20. The summed E-state index contributed by atoms with van der Waals surface area (Å²) in [6.07, 6.45) is 0. The van der Waals surface area contributed by atoms with Crippen molar-refractivity contribution in [3.8, 4) is 0 Å². The molecule has 0 aliphatic rings. The minimum absolute atomic E-state index is 0.106. The van der Waals surface area contributed by atoms with Crippen molar-refractivity contribution in [1.82, 2.24) is 4.72 Å². The molecule has 0 amide bonds. The van der Waals surface area contributed by atoms with E-state index in [0.717, 1.165) is 0 Å². The van der Waals surface area contributed by atoms with Gasteiger partial charge in [-0.1, -0.05) is 18.2 Å². The Kier molecular flexibility index (Phi) is 3.84. The number of benzene rings is 1. The summed E-state index contributed by atoms with van der Waals surface area (Å²) >= 11 is 5.16. The highest BCUT2D eigenvalue weighted by molar-refractivity contribution is 7.89. The van der Waals surface area contributed by atoms with Crippen LogP contribution in [0, 0.1) is 0 Å². The summed E-state index contributed by atoms with van der Waals surface area (Å²) in [6.45, 7) is 1.38. The molecule has 0 aliphatic heterocycles. The van der Waals surface area contributed by atoms with Gasteiger partial charge in [-0.3, -0.25) is 4.79 Å². The van der Waals surface area contributed by atoms with Crippen LogP contribution < -0.4 is 4.72 Å². The summed E-state index contributed by atoms with van der Waals surface area (Å²) in [4.78, 5) is 10.8. The first-order valence-corrected chi connectivity index (χ1v) is 6.06. The third kappa shape index (κ3) is 3.30. The molecule has 0 saturated heterocycles. The minimum atomic E-state index is -3.66. The summed E-state index contributed by atoms with van der Waals surface area (Å²) in [7, 11) is -3.66. The number of hydrogen-bond acceptors (Lipinski definition) is 3. The van der Waals surface area contributed by atoms with E-state index in [-0.39, 0.29) is 4.90 Å². The number of carbonyl (C=O) groups is 1. The first-order chi connectivity index (χ1) is 6.93. The summed E-state index contributed by atoms with van der Waals surface area (Å²) in [6, 6.07) is 6.84. The van der Waals surface area contributed by atoms with Crippen LogP contribution in [0.4, 0.5) is 0 Å². The molecule has 1 atom stereocenters. The first kappa shape index (κ1) is 12.2. The van der Waals surface area contributed by atoms with Crippen LogP contribution >= 0.6 is 11.6 Å². The zero-order valence-corrected chi connectivity index (χ0v) is 9.55. The molecule has 0 saturated carbocycles. The van der Waals surface area contributed by atoms with Crippen molar-refractivity contribution in [2.75, 3.05) is 0 Å². The third-order valence-corrected chi connectivity index (χ3v) is 3.61. The molecule has 0 radical (unpaired) electrons. The normalized spacial score (nSPS) is 13.5. The van der Waals surface area contributed by atoms with Gasteiger partial charge in [-0.2, -0.15) is 4.72 Å². The van der Waals surface area contributed by atoms with Crippen LogP contribution in [0.25, 0.3) is 0 Å². The molecule has 4 nitrogen and oxygen atoms in total. The molecule has 1 aromatic rings. The van der Waals surface area contributed by atoms with Gasteiger partial charge in [0.1, 0.15) is 0 Å². The largest absolute Gasteiger partial charge is 0.279 e. The SMILES string of the molecule is CC(NS(=O)(=O)c1ccccc1)C(=O)Cl. The standard InChI is InChI=1S/C9H10ClNO3S/c1-7(9(10)12)11-15(13,14)8-5-3-2-4-6-8/h2-7,11H,1H3. The number of carbonyl (C=O) groups excluding carboxylic acids is 1. The Morgan fingerprint density at radius 3 is 2.33 bits per heavy atom. The highest BCUT2D eigenvalue weighted by atomic mass is 35.5. The van der Waals surface area contributed by atoms with Crippen molar-refractivity contribution < 1.29 is 13.2 Å². The molecule has 1 rings (SSSR count). The van der Waals surface area contributed by atoms with E-state index in [9.17, 15) is 13.2 Å². The molecule has 0 aliphatic carbocycles. The lowest BCUT2D eigenvalue weighted by atomic mass is 10.4. The second kappa shape index (κ2) is 4.74. The van der Waals surface area contributed by atoms with Crippen molar-refractivity contribution in [3.63, 3.8) is 0 Å². The Bertz CT molecular complexity index is 444. The number of nitrogens with one attached hydrogen (secondary N) is 1. The number of rotatable bonds is 4. The van der Waals surface area contributed by atoms with Gasteiger partial charge in [0.15, 0.2) is 0 Å². The van der Waals surface area contributed by atoms with E-state index in [4.69, 9.17) is 11.6 Å². The van der Waals surface area contributed by atoms with Crippen molar-refractivity contribution >= 4 is 26.9 Å². The van der Waals surface area contributed by atoms with Gasteiger partial charge < -0.3 is 0 Å². The number of hydrogen-bond donors (Lipinski definition) is 1. The molecular weight excluding hydrogens is 238 g/mol. The van der Waals surface area contributed by atoms with Gasteiger partial charge in [-0.15, -0.1) is 0 Å². The van der Waals surface area contributed by atoms with Crippen LogP contribution in [0.5, 0.6) is 0 Å². The van der Waals surface area contributed by atoms with Crippen molar-refractivity contribution in [3.05, 3.63) is 30.3 Å².